The van der Waals surface area contributed by atoms with Crippen LogP contribution >= 0.6 is 12.2 Å². The first-order valence-electron chi connectivity index (χ1n) is 10.2. The molecule has 0 radical (unpaired) electrons. The number of amides is 1. The molecule has 11 nitrogen and oxygen atoms in total. The summed E-state index contributed by atoms with van der Waals surface area (Å²) in [4.78, 5) is 26.5. The summed E-state index contributed by atoms with van der Waals surface area (Å²) in [6.07, 6.45) is -0.467. The van der Waals surface area contributed by atoms with E-state index in [2.05, 4.69) is 20.4 Å². The summed E-state index contributed by atoms with van der Waals surface area (Å²) in [5.74, 6) is -2.92. The second-order valence-electron chi connectivity index (χ2n) is 7.37. The minimum Gasteiger partial charge on any atom is -0.474 e. The van der Waals surface area contributed by atoms with Gasteiger partial charge in [-0.05, 0) is 12.2 Å². The SMILES string of the molecule is COC(=O)C(O)CC(=O)N1CCN(c2c(F)cc(-n3cc(CNC(=S)OC)nn3)cc2F)CC1. The van der Waals surface area contributed by atoms with E-state index in [0.717, 1.165) is 19.2 Å². The molecule has 0 saturated carbocycles. The zero-order chi connectivity index (χ0) is 24.8. The highest BCUT2D eigenvalue weighted by Crippen LogP contribution is 2.27. The maximum Gasteiger partial charge on any atom is 0.335 e. The van der Waals surface area contributed by atoms with Gasteiger partial charge in [0.2, 0.25) is 5.91 Å². The number of esters is 1. The van der Waals surface area contributed by atoms with Crippen molar-refractivity contribution >= 4 is 35.0 Å². The Morgan fingerprint density at radius 2 is 1.82 bits per heavy atom. The lowest BCUT2D eigenvalue weighted by atomic mass is 10.2. The van der Waals surface area contributed by atoms with E-state index in [-0.39, 0.29) is 49.3 Å². The number of halogens is 2. The molecule has 1 aliphatic heterocycles. The number of ether oxygens (including phenoxy) is 2. The molecule has 3 rings (SSSR count). The fourth-order valence-electron chi connectivity index (χ4n) is 3.42. The van der Waals surface area contributed by atoms with Crippen molar-refractivity contribution in [2.45, 2.75) is 19.1 Å². The van der Waals surface area contributed by atoms with E-state index in [1.54, 1.807) is 0 Å². The number of aliphatic hydroxyl groups is 1. The Labute approximate surface area is 199 Å². The number of piperazine rings is 1. The molecular weight excluding hydrogens is 474 g/mol. The summed E-state index contributed by atoms with van der Waals surface area (Å²) in [6.45, 7) is 0.930. The number of nitrogens with one attached hydrogen (secondary N) is 1. The molecule has 1 unspecified atom stereocenters. The molecule has 1 atom stereocenters. The Morgan fingerprint density at radius 1 is 1.18 bits per heavy atom. The van der Waals surface area contributed by atoms with Gasteiger partial charge in [0, 0.05) is 38.3 Å². The van der Waals surface area contributed by atoms with Crippen LogP contribution in [-0.2, 0) is 25.6 Å². The zero-order valence-corrected chi connectivity index (χ0v) is 19.3. The Kier molecular flexibility index (Phi) is 8.28. The number of thiocarbonyl (C=S) groups is 1. The summed E-state index contributed by atoms with van der Waals surface area (Å²) >= 11 is 4.88. The van der Waals surface area contributed by atoms with Crippen molar-refractivity contribution in [1.29, 1.82) is 0 Å². The van der Waals surface area contributed by atoms with Gasteiger partial charge in [-0.25, -0.2) is 18.3 Å². The number of benzene rings is 1. The number of aliphatic hydroxyl groups excluding tert-OH is 1. The van der Waals surface area contributed by atoms with Crippen LogP contribution in [-0.4, -0.2) is 88.6 Å². The third kappa shape index (κ3) is 5.94. The van der Waals surface area contributed by atoms with Crippen LogP contribution in [0.15, 0.2) is 18.3 Å². The van der Waals surface area contributed by atoms with Gasteiger partial charge >= 0.3 is 5.97 Å². The van der Waals surface area contributed by atoms with E-state index in [1.807, 2.05) is 0 Å². The van der Waals surface area contributed by atoms with E-state index in [1.165, 1.54) is 27.8 Å². The van der Waals surface area contributed by atoms with Crippen molar-refractivity contribution in [2.24, 2.45) is 0 Å². The quantitative estimate of drug-likeness (QED) is 0.403. The van der Waals surface area contributed by atoms with E-state index in [9.17, 15) is 23.5 Å². The molecule has 0 spiro atoms. The zero-order valence-electron chi connectivity index (χ0n) is 18.5. The molecule has 0 bridgehead atoms. The van der Waals surface area contributed by atoms with E-state index >= 15 is 0 Å². The Bertz CT molecular complexity index is 1040. The second-order valence-corrected chi connectivity index (χ2v) is 7.74. The van der Waals surface area contributed by atoms with Crippen LogP contribution < -0.4 is 10.2 Å². The molecule has 14 heteroatoms. The number of methoxy groups -OCH3 is 2. The highest BCUT2D eigenvalue weighted by atomic mass is 32.1. The smallest absolute Gasteiger partial charge is 0.335 e. The van der Waals surface area contributed by atoms with Gasteiger partial charge in [0.05, 0.1) is 39.1 Å². The van der Waals surface area contributed by atoms with Crippen LogP contribution in [0.1, 0.15) is 12.1 Å². The summed E-state index contributed by atoms with van der Waals surface area (Å²) in [5.41, 5.74) is 0.428. The maximum absolute atomic E-state index is 14.9. The average Bonchev–Trinajstić information content (AvgIpc) is 3.31. The molecule has 1 aromatic carbocycles. The van der Waals surface area contributed by atoms with Gasteiger partial charge in [-0.1, -0.05) is 5.21 Å². The van der Waals surface area contributed by atoms with Crippen LogP contribution in [0.3, 0.4) is 0 Å². The number of hydrogen-bond donors (Lipinski definition) is 2. The average molecular weight is 499 g/mol. The highest BCUT2D eigenvalue weighted by molar-refractivity contribution is 7.80. The number of nitrogens with zero attached hydrogens (tertiary/aromatic N) is 5. The van der Waals surface area contributed by atoms with Crippen molar-refractivity contribution in [2.75, 3.05) is 45.3 Å². The van der Waals surface area contributed by atoms with Gasteiger partial charge < -0.3 is 29.7 Å². The standard InChI is InChI=1S/C20H24F2N6O5S/c1-32-19(31)16(29)9-17(30)26-3-5-27(6-4-26)18-14(21)7-13(8-15(18)22)28-11-12(24-25-28)10-23-20(34)33-2/h7-8,11,16,29H,3-6,9-10H2,1-2H3,(H,23,34). The van der Waals surface area contributed by atoms with Gasteiger partial charge in [-0.3, -0.25) is 4.79 Å². The fourth-order valence-corrected chi connectivity index (χ4v) is 3.49. The number of carbonyl (C=O) groups excluding carboxylic acids is 2. The van der Waals surface area contributed by atoms with E-state index in [4.69, 9.17) is 17.0 Å². The minimum atomic E-state index is -1.55. The van der Waals surface area contributed by atoms with Gasteiger partial charge in [0.1, 0.15) is 11.4 Å². The lowest BCUT2D eigenvalue weighted by Gasteiger charge is -2.36. The van der Waals surface area contributed by atoms with Crippen LogP contribution in [0.25, 0.3) is 5.69 Å². The number of carbonyl (C=O) groups is 2. The minimum absolute atomic E-state index is 0.150. The first-order chi connectivity index (χ1) is 16.2. The summed E-state index contributed by atoms with van der Waals surface area (Å²) in [5, 5.41) is 20.4. The van der Waals surface area contributed by atoms with Crippen LogP contribution in [0.4, 0.5) is 14.5 Å². The van der Waals surface area contributed by atoms with Crippen LogP contribution in [0, 0.1) is 11.6 Å². The molecular formula is C20H24F2N6O5S. The van der Waals surface area contributed by atoms with Crippen molar-refractivity contribution in [1.82, 2.24) is 25.2 Å². The number of anilines is 1. The van der Waals surface area contributed by atoms with Gasteiger partial charge in [-0.2, -0.15) is 0 Å². The lowest BCUT2D eigenvalue weighted by Crippen LogP contribution is -2.50. The predicted molar refractivity (Wildman–Crippen MR) is 119 cm³/mol. The molecule has 1 amide bonds. The summed E-state index contributed by atoms with van der Waals surface area (Å²) in [7, 11) is 2.54. The Hall–Kier alpha value is -3.39. The molecule has 1 fully saturated rings. The fraction of sp³-hybridized carbons (Fsp3) is 0.450. The van der Waals surface area contributed by atoms with Gasteiger partial charge in [-0.15, -0.1) is 5.10 Å². The highest BCUT2D eigenvalue weighted by Gasteiger charge is 2.28. The van der Waals surface area contributed by atoms with Crippen LogP contribution in [0.2, 0.25) is 0 Å². The van der Waals surface area contributed by atoms with Crippen molar-refractivity contribution in [3.05, 3.63) is 35.7 Å². The summed E-state index contributed by atoms with van der Waals surface area (Å²) in [6, 6.07) is 2.29. The molecule has 1 aliphatic rings. The van der Waals surface area contributed by atoms with Gasteiger partial charge in [0.25, 0.3) is 5.17 Å². The molecule has 1 saturated heterocycles. The van der Waals surface area contributed by atoms with Crippen molar-refractivity contribution in [3.8, 4) is 5.69 Å². The molecule has 2 heterocycles. The monoisotopic (exact) mass is 498 g/mol. The molecule has 2 N–H and O–H groups in total. The van der Waals surface area contributed by atoms with Crippen molar-refractivity contribution < 1.29 is 33.0 Å². The lowest BCUT2D eigenvalue weighted by molar-refractivity contribution is -0.154. The Morgan fingerprint density at radius 3 is 2.41 bits per heavy atom. The predicted octanol–water partition coefficient (Wildman–Crippen LogP) is 0.139. The van der Waals surface area contributed by atoms with E-state index in [0.29, 0.717) is 5.69 Å². The molecule has 2 aromatic rings. The Balaban J connectivity index is 1.64. The number of aromatic nitrogens is 3. The first kappa shape index (κ1) is 25.2. The molecule has 0 aliphatic carbocycles. The van der Waals surface area contributed by atoms with Crippen LogP contribution in [0.5, 0.6) is 0 Å². The molecule has 34 heavy (non-hydrogen) atoms. The molecule has 184 valence electrons. The molecule has 1 aromatic heterocycles. The first-order valence-corrected chi connectivity index (χ1v) is 10.7. The third-order valence-electron chi connectivity index (χ3n) is 5.20. The number of rotatable bonds is 7. The second kappa shape index (κ2) is 11.2. The summed E-state index contributed by atoms with van der Waals surface area (Å²) < 4.78 is 40.2. The van der Waals surface area contributed by atoms with Crippen molar-refractivity contribution in [3.63, 3.8) is 0 Å². The number of hydrogen-bond acceptors (Lipinski definition) is 9. The third-order valence-corrected chi connectivity index (χ3v) is 5.51. The normalized spacial score (nSPS) is 14.5. The van der Waals surface area contributed by atoms with E-state index < -0.39 is 36.0 Å². The van der Waals surface area contributed by atoms with Gasteiger partial charge in [0.15, 0.2) is 17.7 Å². The largest absolute Gasteiger partial charge is 0.474 e. The maximum atomic E-state index is 14.9. The topological polar surface area (TPSA) is 122 Å².